The van der Waals surface area contributed by atoms with Gasteiger partial charge in [0.05, 0.1) is 11.2 Å². The maximum atomic E-state index is 8.74. The second kappa shape index (κ2) is 5.30. The van der Waals surface area contributed by atoms with Gasteiger partial charge in [-0.2, -0.15) is 5.26 Å². The molecule has 0 amide bonds. The van der Waals surface area contributed by atoms with Crippen molar-refractivity contribution in [3.8, 4) is 6.19 Å². The van der Waals surface area contributed by atoms with E-state index in [1.165, 1.54) is 0 Å². The first kappa shape index (κ1) is 13.0. The molecular weight excluding hydrogens is 214 g/mol. The zero-order valence-electron chi connectivity index (χ0n) is 10.4. The average molecular weight is 231 g/mol. The van der Waals surface area contributed by atoms with E-state index in [0.29, 0.717) is 17.1 Å². The second-order valence-corrected chi connectivity index (χ2v) is 4.37. The van der Waals surface area contributed by atoms with Crippen LogP contribution in [0.4, 0.5) is 5.69 Å². The molecule has 1 aromatic rings. The highest BCUT2D eigenvalue weighted by molar-refractivity contribution is 6.00. The molecule has 90 valence electrons. The van der Waals surface area contributed by atoms with Crippen molar-refractivity contribution in [2.24, 2.45) is 4.99 Å². The number of rotatable bonds is 3. The Labute approximate surface area is 101 Å². The maximum Gasteiger partial charge on any atom is 0.182 e. The van der Waals surface area contributed by atoms with Crippen LogP contribution >= 0.6 is 0 Å². The van der Waals surface area contributed by atoms with Gasteiger partial charge in [-0.25, -0.2) is 0 Å². The molecule has 0 aliphatic carbocycles. The summed E-state index contributed by atoms with van der Waals surface area (Å²) < 4.78 is 0. The maximum absolute atomic E-state index is 8.74. The molecule has 0 radical (unpaired) electrons. The number of nitrogens with zero attached hydrogens (tertiary/aromatic N) is 3. The van der Waals surface area contributed by atoms with Crippen LogP contribution in [0.1, 0.15) is 32.8 Å². The van der Waals surface area contributed by atoms with Gasteiger partial charge in [-0.15, -0.1) is 0 Å². The lowest BCUT2D eigenvalue weighted by Crippen LogP contribution is -2.26. The fourth-order valence-electron chi connectivity index (χ4n) is 1.19. The Morgan fingerprint density at radius 1 is 1.59 bits per heavy atom. The highest BCUT2D eigenvalue weighted by Gasteiger charge is 2.15. The summed E-state index contributed by atoms with van der Waals surface area (Å²) in [6.07, 6.45) is 5.94. The molecule has 0 saturated heterocycles. The quantitative estimate of drug-likeness (QED) is 0.358. The molecule has 17 heavy (non-hydrogen) atoms. The van der Waals surface area contributed by atoms with Gasteiger partial charge in [-0.3, -0.25) is 15.3 Å². The lowest BCUT2D eigenvalue weighted by Gasteiger charge is -2.19. The summed E-state index contributed by atoms with van der Waals surface area (Å²) in [7, 11) is 0. The van der Waals surface area contributed by atoms with Crippen LogP contribution in [0.5, 0.6) is 0 Å². The summed E-state index contributed by atoms with van der Waals surface area (Å²) in [5.41, 5.74) is 6.69. The molecule has 1 heterocycles. The van der Waals surface area contributed by atoms with Gasteiger partial charge in [0.15, 0.2) is 6.19 Å². The first-order valence-electron chi connectivity index (χ1n) is 5.44. The highest BCUT2D eigenvalue weighted by atomic mass is 15.0. The number of amidine groups is 1. The van der Waals surface area contributed by atoms with Crippen molar-refractivity contribution in [2.45, 2.75) is 32.7 Å². The monoisotopic (exact) mass is 231 g/mol. The minimum absolute atomic E-state index is 0.232. The molecule has 0 aromatic carbocycles. The molecule has 0 aliphatic heterocycles. The third kappa shape index (κ3) is 3.76. The van der Waals surface area contributed by atoms with Crippen LogP contribution in [-0.4, -0.2) is 16.4 Å². The normalized spacial score (nSPS) is 12.0. The molecule has 5 heteroatoms. The smallest absolute Gasteiger partial charge is 0.182 e. The highest BCUT2D eigenvalue weighted by Crippen LogP contribution is 2.15. The zero-order chi connectivity index (χ0) is 12.9. The van der Waals surface area contributed by atoms with E-state index in [1.807, 2.05) is 27.0 Å². The first-order chi connectivity index (χ1) is 7.98. The summed E-state index contributed by atoms with van der Waals surface area (Å²) in [5, 5.41) is 11.3. The SMILES string of the molecule is CCC(C)(C)N=C(NC#N)c1cncc(N)c1. The zero-order valence-corrected chi connectivity index (χ0v) is 10.4. The lowest BCUT2D eigenvalue weighted by atomic mass is 10.0. The number of anilines is 1. The summed E-state index contributed by atoms with van der Waals surface area (Å²) in [6.45, 7) is 6.06. The van der Waals surface area contributed by atoms with Gasteiger partial charge >= 0.3 is 0 Å². The van der Waals surface area contributed by atoms with Crippen LogP contribution in [-0.2, 0) is 0 Å². The molecule has 0 bridgehead atoms. The number of nitrogens with one attached hydrogen (secondary N) is 1. The molecule has 3 N–H and O–H groups in total. The number of hydrogen-bond donors (Lipinski definition) is 2. The Balaban J connectivity index is 3.15. The van der Waals surface area contributed by atoms with E-state index in [4.69, 9.17) is 11.0 Å². The molecule has 1 aromatic heterocycles. The van der Waals surface area contributed by atoms with Gasteiger partial charge in [0.25, 0.3) is 0 Å². The minimum atomic E-state index is -0.232. The van der Waals surface area contributed by atoms with Gasteiger partial charge in [-0.1, -0.05) is 6.92 Å². The van der Waals surface area contributed by atoms with Gasteiger partial charge < -0.3 is 5.73 Å². The standard InChI is InChI=1S/C12H17N5/c1-4-12(2,3)17-11(16-8-13)9-5-10(14)7-15-6-9/h5-7H,4,14H2,1-3H3,(H,16,17). The third-order valence-corrected chi connectivity index (χ3v) is 2.49. The van der Waals surface area contributed by atoms with Crippen LogP contribution < -0.4 is 11.1 Å². The summed E-state index contributed by atoms with van der Waals surface area (Å²) in [4.78, 5) is 8.50. The van der Waals surface area contributed by atoms with Crippen LogP contribution in [0, 0.1) is 11.5 Å². The first-order valence-corrected chi connectivity index (χ1v) is 5.44. The van der Waals surface area contributed by atoms with Crippen molar-refractivity contribution in [1.29, 1.82) is 5.26 Å². The number of hydrogen-bond acceptors (Lipinski definition) is 4. The Morgan fingerprint density at radius 3 is 2.82 bits per heavy atom. The summed E-state index contributed by atoms with van der Waals surface area (Å²) in [5.74, 6) is 0.499. The van der Waals surface area contributed by atoms with Gasteiger partial charge in [0.2, 0.25) is 0 Å². The number of aliphatic imine (C=N–C) groups is 1. The number of nitrogen functional groups attached to an aromatic ring is 1. The lowest BCUT2D eigenvalue weighted by molar-refractivity contribution is 0.504. The van der Waals surface area contributed by atoms with Crippen molar-refractivity contribution >= 4 is 11.5 Å². The van der Waals surface area contributed by atoms with Crippen LogP contribution in [0.15, 0.2) is 23.5 Å². The Kier molecular flexibility index (Phi) is 4.05. The van der Waals surface area contributed by atoms with E-state index in [9.17, 15) is 0 Å². The summed E-state index contributed by atoms with van der Waals surface area (Å²) in [6, 6.07) is 1.74. The van der Waals surface area contributed by atoms with E-state index in [1.54, 1.807) is 18.5 Å². The third-order valence-electron chi connectivity index (χ3n) is 2.49. The Hall–Kier alpha value is -2.09. The van der Waals surface area contributed by atoms with Crippen LogP contribution in [0.25, 0.3) is 0 Å². The summed E-state index contributed by atoms with van der Waals surface area (Å²) >= 11 is 0. The van der Waals surface area contributed by atoms with Crippen molar-refractivity contribution in [3.63, 3.8) is 0 Å². The van der Waals surface area contributed by atoms with Crippen molar-refractivity contribution < 1.29 is 0 Å². The van der Waals surface area contributed by atoms with E-state index < -0.39 is 0 Å². The molecule has 5 nitrogen and oxygen atoms in total. The van der Waals surface area contributed by atoms with Gasteiger partial charge in [-0.05, 0) is 26.3 Å². The molecule has 0 saturated carbocycles. The molecule has 1 rings (SSSR count). The largest absolute Gasteiger partial charge is 0.397 e. The van der Waals surface area contributed by atoms with Crippen molar-refractivity contribution in [1.82, 2.24) is 10.3 Å². The Morgan fingerprint density at radius 2 is 2.29 bits per heavy atom. The van der Waals surface area contributed by atoms with Gasteiger partial charge in [0.1, 0.15) is 5.84 Å². The predicted molar refractivity (Wildman–Crippen MR) is 68.3 cm³/mol. The molecule has 0 spiro atoms. The van der Waals surface area contributed by atoms with Crippen LogP contribution in [0.2, 0.25) is 0 Å². The fourth-order valence-corrected chi connectivity index (χ4v) is 1.19. The average Bonchev–Trinajstić information content (AvgIpc) is 2.28. The number of nitrogens with two attached hydrogens (primary N) is 1. The predicted octanol–water partition coefficient (Wildman–Crippen LogP) is 1.67. The second-order valence-electron chi connectivity index (χ2n) is 4.37. The van der Waals surface area contributed by atoms with Crippen LogP contribution in [0.3, 0.4) is 0 Å². The molecular formula is C12H17N5. The number of aromatic nitrogens is 1. The number of nitriles is 1. The molecule has 0 unspecified atom stereocenters. The van der Waals surface area contributed by atoms with E-state index in [-0.39, 0.29) is 5.54 Å². The molecule has 0 fully saturated rings. The number of pyridine rings is 1. The van der Waals surface area contributed by atoms with Gasteiger partial charge in [0, 0.05) is 18.0 Å². The molecule has 0 aliphatic rings. The van der Waals surface area contributed by atoms with E-state index in [0.717, 1.165) is 6.42 Å². The van der Waals surface area contributed by atoms with E-state index >= 15 is 0 Å². The topological polar surface area (TPSA) is 87.1 Å². The van der Waals surface area contributed by atoms with Crippen molar-refractivity contribution in [2.75, 3.05) is 5.73 Å². The van der Waals surface area contributed by atoms with E-state index in [2.05, 4.69) is 15.3 Å². The molecule has 0 atom stereocenters. The fraction of sp³-hybridized carbons (Fsp3) is 0.417. The minimum Gasteiger partial charge on any atom is -0.397 e. The van der Waals surface area contributed by atoms with Crippen molar-refractivity contribution in [3.05, 3.63) is 24.0 Å². The Bertz CT molecular complexity index is 456.